The highest BCUT2D eigenvalue weighted by molar-refractivity contribution is 7.19. The molecule has 0 spiro atoms. The maximum Gasteiger partial charge on any atom is 0.339 e. The van der Waals surface area contributed by atoms with E-state index in [2.05, 4.69) is 4.98 Å². The number of hydrogen-bond acceptors (Lipinski definition) is 6. The summed E-state index contributed by atoms with van der Waals surface area (Å²) >= 11 is 7.49. The van der Waals surface area contributed by atoms with E-state index < -0.39 is 11.6 Å². The molecule has 164 valence electrons. The molecular formula is C26H18ClNO4S. The second-order valence-electron chi connectivity index (χ2n) is 7.73. The number of carbonyl (C=O) groups is 1. The van der Waals surface area contributed by atoms with Gasteiger partial charge in [0.15, 0.2) is 0 Å². The fraction of sp³-hybridized carbons (Fsp3) is 0.115. The highest BCUT2D eigenvalue weighted by atomic mass is 35.5. The van der Waals surface area contributed by atoms with Crippen LogP contribution >= 0.6 is 22.9 Å². The van der Waals surface area contributed by atoms with Crippen molar-refractivity contribution < 1.29 is 13.9 Å². The van der Waals surface area contributed by atoms with Crippen LogP contribution in [0.2, 0.25) is 4.34 Å². The Hall–Kier alpha value is -3.48. The number of hydrogen-bond donors (Lipinski definition) is 0. The van der Waals surface area contributed by atoms with Crippen molar-refractivity contribution in [1.29, 1.82) is 0 Å². The minimum atomic E-state index is -0.497. The van der Waals surface area contributed by atoms with Gasteiger partial charge in [-0.2, -0.15) is 0 Å². The van der Waals surface area contributed by atoms with E-state index in [-0.39, 0.29) is 6.61 Å². The molecule has 0 aliphatic carbocycles. The van der Waals surface area contributed by atoms with Crippen molar-refractivity contribution in [1.82, 2.24) is 4.98 Å². The highest BCUT2D eigenvalue weighted by Gasteiger charge is 2.17. The van der Waals surface area contributed by atoms with Gasteiger partial charge in [-0.15, -0.1) is 11.3 Å². The van der Waals surface area contributed by atoms with Crippen LogP contribution in [-0.4, -0.2) is 11.0 Å². The standard InChI is InChI=1S/C26H18ClNO4S/c1-14-7-8-17-16(11-24(29)32-25(17)15(14)2)13-31-26(30)19-12-21(22-9-10-23(27)33-22)28-20-6-4-3-5-18(19)20/h3-12H,13H2,1-2H3. The number of carbonyl (C=O) groups excluding carboxylic acids is 1. The van der Waals surface area contributed by atoms with Crippen molar-refractivity contribution in [2.75, 3.05) is 0 Å². The molecule has 0 radical (unpaired) electrons. The first kappa shape index (κ1) is 21.4. The monoisotopic (exact) mass is 475 g/mol. The maximum absolute atomic E-state index is 13.2. The molecule has 0 saturated carbocycles. The Kier molecular flexibility index (Phi) is 5.48. The summed E-state index contributed by atoms with van der Waals surface area (Å²) in [7, 11) is 0. The molecule has 0 atom stereocenters. The number of aromatic nitrogens is 1. The van der Waals surface area contributed by atoms with Gasteiger partial charge < -0.3 is 9.15 Å². The highest BCUT2D eigenvalue weighted by Crippen LogP contribution is 2.32. The smallest absolute Gasteiger partial charge is 0.339 e. The molecule has 3 aromatic heterocycles. The van der Waals surface area contributed by atoms with Gasteiger partial charge in [-0.05, 0) is 49.2 Å². The van der Waals surface area contributed by atoms with Gasteiger partial charge in [-0.25, -0.2) is 14.6 Å². The lowest BCUT2D eigenvalue weighted by atomic mass is 10.0. The van der Waals surface area contributed by atoms with E-state index >= 15 is 0 Å². The van der Waals surface area contributed by atoms with E-state index in [1.165, 1.54) is 17.4 Å². The molecule has 0 amide bonds. The van der Waals surface area contributed by atoms with E-state index in [0.29, 0.717) is 37.6 Å². The maximum atomic E-state index is 13.2. The summed E-state index contributed by atoms with van der Waals surface area (Å²) in [4.78, 5) is 30.9. The Morgan fingerprint density at radius 3 is 2.67 bits per heavy atom. The number of thiophene rings is 1. The second-order valence-corrected chi connectivity index (χ2v) is 9.44. The average Bonchev–Trinajstić information content (AvgIpc) is 3.25. The minimum Gasteiger partial charge on any atom is -0.457 e. The third-order valence-electron chi connectivity index (χ3n) is 5.64. The van der Waals surface area contributed by atoms with Crippen molar-refractivity contribution in [2.24, 2.45) is 0 Å². The zero-order valence-electron chi connectivity index (χ0n) is 17.8. The predicted octanol–water partition coefficient (Wildman–Crippen LogP) is 6.70. The van der Waals surface area contributed by atoms with E-state index in [9.17, 15) is 9.59 Å². The van der Waals surface area contributed by atoms with Gasteiger partial charge in [0.25, 0.3) is 0 Å². The molecular weight excluding hydrogens is 458 g/mol. The average molecular weight is 476 g/mol. The Balaban J connectivity index is 1.53. The summed E-state index contributed by atoms with van der Waals surface area (Å²) in [6.07, 6.45) is 0. The first-order chi connectivity index (χ1) is 15.9. The van der Waals surface area contributed by atoms with Gasteiger partial charge in [0, 0.05) is 22.4 Å². The Labute approximate surface area is 198 Å². The number of aryl methyl sites for hydroxylation is 2. The summed E-state index contributed by atoms with van der Waals surface area (Å²) in [5.41, 5.74) is 4.27. The van der Waals surface area contributed by atoms with Crippen molar-refractivity contribution >= 4 is 50.8 Å². The van der Waals surface area contributed by atoms with Crippen molar-refractivity contribution in [2.45, 2.75) is 20.5 Å². The summed E-state index contributed by atoms with van der Waals surface area (Å²) in [5, 5.41) is 1.44. The molecule has 0 unspecified atom stereocenters. The summed E-state index contributed by atoms with van der Waals surface area (Å²) in [6, 6.07) is 18.0. The number of halogens is 1. The van der Waals surface area contributed by atoms with Crippen molar-refractivity contribution in [3.8, 4) is 10.6 Å². The third-order valence-corrected chi connectivity index (χ3v) is 6.89. The molecule has 7 heteroatoms. The van der Waals surface area contributed by atoms with Gasteiger partial charge in [0.2, 0.25) is 0 Å². The molecule has 2 aromatic carbocycles. The predicted molar refractivity (Wildman–Crippen MR) is 131 cm³/mol. The minimum absolute atomic E-state index is 0.0553. The number of esters is 1. The SMILES string of the molecule is Cc1ccc2c(COC(=O)c3cc(-c4ccc(Cl)s4)nc4ccccc34)cc(=O)oc2c1C. The van der Waals surface area contributed by atoms with Crippen molar-refractivity contribution in [3.05, 3.63) is 97.7 Å². The van der Waals surface area contributed by atoms with Gasteiger partial charge in [0.1, 0.15) is 12.2 Å². The summed E-state index contributed by atoms with van der Waals surface area (Å²) in [5.74, 6) is -0.497. The lowest BCUT2D eigenvalue weighted by Gasteiger charge is -2.11. The van der Waals surface area contributed by atoms with Gasteiger partial charge in [-0.1, -0.05) is 41.9 Å². The van der Waals surface area contributed by atoms with Gasteiger partial charge >= 0.3 is 11.6 Å². The van der Waals surface area contributed by atoms with Crippen LogP contribution in [0.5, 0.6) is 0 Å². The topological polar surface area (TPSA) is 69.4 Å². The zero-order valence-corrected chi connectivity index (χ0v) is 19.4. The Morgan fingerprint density at radius 1 is 1.06 bits per heavy atom. The number of para-hydroxylation sites is 1. The zero-order chi connectivity index (χ0) is 23.1. The summed E-state index contributed by atoms with van der Waals surface area (Å²) < 4.78 is 11.7. The van der Waals surface area contributed by atoms with Crippen LogP contribution in [0.15, 0.2) is 69.9 Å². The lowest BCUT2D eigenvalue weighted by Crippen LogP contribution is -2.09. The molecule has 5 nitrogen and oxygen atoms in total. The van der Waals surface area contributed by atoms with Crippen molar-refractivity contribution in [3.63, 3.8) is 0 Å². The molecule has 0 aliphatic rings. The summed E-state index contributed by atoms with van der Waals surface area (Å²) in [6.45, 7) is 3.80. The van der Waals surface area contributed by atoms with E-state index in [1.807, 2.05) is 56.3 Å². The molecule has 0 aliphatic heterocycles. The number of pyridine rings is 1. The second kappa shape index (κ2) is 8.46. The molecule has 0 saturated heterocycles. The fourth-order valence-corrected chi connectivity index (χ4v) is 4.79. The van der Waals surface area contributed by atoms with Crippen LogP contribution in [0.3, 0.4) is 0 Å². The first-order valence-corrected chi connectivity index (χ1v) is 11.5. The van der Waals surface area contributed by atoms with Crippen LogP contribution in [0.25, 0.3) is 32.4 Å². The van der Waals surface area contributed by atoms with Gasteiger partial charge in [-0.3, -0.25) is 0 Å². The number of nitrogens with zero attached hydrogens (tertiary/aromatic N) is 1. The van der Waals surface area contributed by atoms with E-state index in [0.717, 1.165) is 21.4 Å². The molecule has 0 fully saturated rings. The van der Waals surface area contributed by atoms with E-state index in [1.54, 1.807) is 12.1 Å². The number of ether oxygens (including phenoxy) is 1. The third kappa shape index (κ3) is 4.03. The molecule has 3 heterocycles. The van der Waals surface area contributed by atoms with Crippen LogP contribution in [0, 0.1) is 13.8 Å². The number of fused-ring (bicyclic) bond motifs is 2. The van der Waals surface area contributed by atoms with E-state index in [4.69, 9.17) is 20.8 Å². The number of benzene rings is 2. The van der Waals surface area contributed by atoms with Crippen LogP contribution in [0.1, 0.15) is 27.0 Å². The molecule has 5 rings (SSSR count). The first-order valence-electron chi connectivity index (χ1n) is 10.3. The number of rotatable bonds is 4. The lowest BCUT2D eigenvalue weighted by molar-refractivity contribution is 0.0476. The molecule has 0 N–H and O–H groups in total. The normalized spacial score (nSPS) is 11.2. The molecule has 33 heavy (non-hydrogen) atoms. The molecule has 5 aromatic rings. The Bertz CT molecular complexity index is 1600. The van der Waals surface area contributed by atoms with Crippen LogP contribution < -0.4 is 5.63 Å². The largest absolute Gasteiger partial charge is 0.457 e. The molecule has 0 bridgehead atoms. The fourth-order valence-electron chi connectivity index (χ4n) is 3.79. The van der Waals surface area contributed by atoms with Crippen LogP contribution in [-0.2, 0) is 11.3 Å². The quantitative estimate of drug-likeness (QED) is 0.214. The van der Waals surface area contributed by atoms with Crippen LogP contribution in [0.4, 0.5) is 0 Å². The van der Waals surface area contributed by atoms with Gasteiger partial charge in [0.05, 0.1) is 26.0 Å². The Morgan fingerprint density at radius 2 is 1.88 bits per heavy atom.